The van der Waals surface area contributed by atoms with Crippen LogP contribution in [0.1, 0.15) is 76.7 Å². The van der Waals surface area contributed by atoms with Gasteiger partial charge in [0.15, 0.2) is 0 Å². The smallest absolute Gasteiger partial charge is 0.309 e. The fraction of sp³-hybridized carbons (Fsp3) is 0.682. The molecule has 0 aliphatic heterocycles. The highest BCUT2D eigenvalue weighted by molar-refractivity contribution is 14.1. The Bertz CT molecular complexity index is 480. The molecule has 1 aromatic rings. The maximum atomic E-state index is 12.7. The first-order valence-corrected chi connectivity index (χ1v) is 11.3. The van der Waals surface area contributed by atoms with Crippen LogP contribution in [-0.4, -0.2) is 16.0 Å². The lowest BCUT2D eigenvalue weighted by Crippen LogP contribution is -2.24. The van der Waals surface area contributed by atoms with E-state index in [1.807, 2.05) is 6.07 Å². The van der Waals surface area contributed by atoms with Crippen molar-refractivity contribution < 1.29 is 9.53 Å². The van der Waals surface area contributed by atoms with Crippen molar-refractivity contribution in [3.63, 3.8) is 0 Å². The van der Waals surface area contributed by atoms with Gasteiger partial charge in [0, 0.05) is 3.92 Å². The van der Waals surface area contributed by atoms with Gasteiger partial charge in [-0.25, -0.2) is 0 Å². The summed E-state index contributed by atoms with van der Waals surface area (Å²) in [6, 6.07) is 10.4. The monoisotopic (exact) mass is 456 g/mol. The molecule has 2 atom stereocenters. The fourth-order valence-corrected chi connectivity index (χ4v) is 4.08. The van der Waals surface area contributed by atoms with Crippen LogP contribution < -0.4 is 0 Å². The van der Waals surface area contributed by atoms with Gasteiger partial charge >= 0.3 is 5.97 Å². The molecule has 0 heterocycles. The number of carbonyl (C=O) groups excluding carboxylic acids is 1. The van der Waals surface area contributed by atoms with E-state index in [1.54, 1.807) is 0 Å². The third kappa shape index (κ3) is 8.57. The van der Waals surface area contributed by atoms with Crippen LogP contribution in [0.5, 0.6) is 0 Å². The van der Waals surface area contributed by atoms with E-state index in [0.717, 1.165) is 36.0 Å². The average Bonchev–Trinajstić information content (AvgIpc) is 3.10. The summed E-state index contributed by atoms with van der Waals surface area (Å²) in [7, 11) is 0. The van der Waals surface area contributed by atoms with Gasteiger partial charge in [0.1, 0.15) is 6.10 Å². The molecule has 1 saturated carbocycles. The van der Waals surface area contributed by atoms with E-state index in [4.69, 9.17) is 4.74 Å². The molecule has 2 rings (SSSR count). The van der Waals surface area contributed by atoms with Crippen LogP contribution in [0.4, 0.5) is 0 Å². The van der Waals surface area contributed by atoms with Crippen LogP contribution in [0, 0.1) is 5.92 Å². The molecule has 0 spiro atoms. The van der Waals surface area contributed by atoms with Crippen LogP contribution >= 0.6 is 22.6 Å². The van der Waals surface area contributed by atoms with Crippen molar-refractivity contribution in [2.45, 2.75) is 87.6 Å². The molecular formula is C22H33IO2. The number of unbranched alkanes of at least 4 members (excludes halogenated alkanes) is 3. The number of benzene rings is 1. The number of alkyl halides is 1. The number of ether oxygens (including phenoxy) is 1. The Morgan fingerprint density at radius 3 is 2.36 bits per heavy atom. The second kappa shape index (κ2) is 11.9. The molecule has 0 amide bonds. The summed E-state index contributed by atoms with van der Waals surface area (Å²) in [6.45, 7) is 2.27. The molecule has 1 aliphatic carbocycles. The van der Waals surface area contributed by atoms with Gasteiger partial charge in [0.05, 0.1) is 5.92 Å². The van der Waals surface area contributed by atoms with Gasteiger partial charge in [-0.15, -0.1) is 0 Å². The number of carbonyl (C=O) groups is 1. The molecule has 3 heteroatoms. The summed E-state index contributed by atoms with van der Waals surface area (Å²) in [5.41, 5.74) is 1.25. The fourth-order valence-electron chi connectivity index (χ4n) is 3.64. The van der Waals surface area contributed by atoms with Crippen molar-refractivity contribution in [1.82, 2.24) is 0 Å². The highest BCUT2D eigenvalue weighted by atomic mass is 127. The maximum absolute atomic E-state index is 12.7. The molecule has 1 fully saturated rings. The molecule has 0 bridgehead atoms. The van der Waals surface area contributed by atoms with Crippen LogP contribution in [0.3, 0.4) is 0 Å². The lowest BCUT2D eigenvalue weighted by Gasteiger charge is -2.19. The minimum Gasteiger partial charge on any atom is -0.462 e. The zero-order valence-electron chi connectivity index (χ0n) is 15.6. The molecule has 1 aromatic carbocycles. The van der Waals surface area contributed by atoms with Crippen LogP contribution in [-0.2, 0) is 16.0 Å². The number of rotatable bonds is 11. The average molecular weight is 456 g/mol. The van der Waals surface area contributed by atoms with Gasteiger partial charge < -0.3 is 4.74 Å². The van der Waals surface area contributed by atoms with Gasteiger partial charge in [-0.3, -0.25) is 4.79 Å². The molecule has 0 aromatic heterocycles. The first-order chi connectivity index (χ1) is 12.1. The summed E-state index contributed by atoms with van der Waals surface area (Å²) in [4.78, 5) is 12.7. The van der Waals surface area contributed by atoms with Crippen molar-refractivity contribution in [2.24, 2.45) is 5.92 Å². The highest BCUT2D eigenvalue weighted by Crippen LogP contribution is 2.25. The van der Waals surface area contributed by atoms with E-state index >= 15 is 0 Å². The normalized spacial score (nSPS) is 17.4. The van der Waals surface area contributed by atoms with Gasteiger partial charge in [-0.2, -0.15) is 0 Å². The third-order valence-corrected chi connectivity index (χ3v) is 5.77. The Morgan fingerprint density at radius 2 is 1.72 bits per heavy atom. The summed E-state index contributed by atoms with van der Waals surface area (Å²) < 4.78 is 6.58. The number of esters is 1. The topological polar surface area (TPSA) is 26.3 Å². The Hall–Kier alpha value is -0.580. The van der Waals surface area contributed by atoms with Gasteiger partial charge in [0.25, 0.3) is 0 Å². The summed E-state index contributed by atoms with van der Waals surface area (Å²) in [5, 5.41) is 0. The zero-order chi connectivity index (χ0) is 17.9. The van der Waals surface area contributed by atoms with E-state index in [0.29, 0.717) is 0 Å². The molecule has 1 aliphatic rings. The molecular weight excluding hydrogens is 423 g/mol. The minimum atomic E-state index is 0.0199. The Kier molecular flexibility index (Phi) is 9.89. The van der Waals surface area contributed by atoms with Crippen molar-refractivity contribution >= 4 is 28.6 Å². The second-order valence-electron chi connectivity index (χ2n) is 7.50. The Balaban J connectivity index is 1.79. The van der Waals surface area contributed by atoms with E-state index in [2.05, 4.69) is 53.8 Å². The maximum Gasteiger partial charge on any atom is 0.309 e. The number of halogens is 1. The Labute approximate surface area is 167 Å². The molecule has 25 heavy (non-hydrogen) atoms. The van der Waals surface area contributed by atoms with Crippen molar-refractivity contribution in [3.8, 4) is 0 Å². The summed E-state index contributed by atoms with van der Waals surface area (Å²) in [5.74, 6) is 0.0585. The van der Waals surface area contributed by atoms with Gasteiger partial charge in [-0.1, -0.05) is 85.5 Å². The van der Waals surface area contributed by atoms with E-state index in [-0.39, 0.29) is 18.0 Å². The highest BCUT2D eigenvalue weighted by Gasteiger charge is 2.25. The quantitative estimate of drug-likeness (QED) is 0.165. The predicted molar refractivity (Wildman–Crippen MR) is 113 cm³/mol. The second-order valence-corrected chi connectivity index (χ2v) is 9.63. The van der Waals surface area contributed by atoms with Gasteiger partial charge in [0.2, 0.25) is 0 Å². The van der Waals surface area contributed by atoms with E-state index in [9.17, 15) is 4.79 Å². The molecule has 140 valence electrons. The lowest BCUT2D eigenvalue weighted by atomic mass is 9.93. The van der Waals surface area contributed by atoms with Crippen molar-refractivity contribution in [2.75, 3.05) is 0 Å². The molecule has 2 nitrogen and oxygen atoms in total. The van der Waals surface area contributed by atoms with Crippen LogP contribution in [0.15, 0.2) is 30.3 Å². The SMILES string of the molecule is CC(I)CCCCCCC(Cc1ccccc1)C(=O)OC1CCCC1. The summed E-state index contributed by atoms with van der Waals surface area (Å²) in [6.07, 6.45) is 12.7. The van der Waals surface area contributed by atoms with E-state index < -0.39 is 0 Å². The van der Waals surface area contributed by atoms with Gasteiger partial charge in [-0.05, 0) is 50.5 Å². The predicted octanol–water partition coefficient (Wildman–Crippen LogP) is 6.50. The standard InChI is InChI=1S/C22H33IO2/c1-18(23)11-5-2-3-8-14-20(17-19-12-6-4-7-13-19)22(24)25-21-15-9-10-16-21/h4,6-7,12-13,18,20-21H,2-3,5,8-11,14-17H2,1H3. The lowest BCUT2D eigenvalue weighted by molar-refractivity contribution is -0.154. The third-order valence-electron chi connectivity index (χ3n) is 5.15. The molecule has 0 saturated heterocycles. The Morgan fingerprint density at radius 1 is 1.08 bits per heavy atom. The van der Waals surface area contributed by atoms with Crippen LogP contribution in [0.2, 0.25) is 0 Å². The van der Waals surface area contributed by atoms with Crippen LogP contribution in [0.25, 0.3) is 0 Å². The van der Waals surface area contributed by atoms with Crippen molar-refractivity contribution in [3.05, 3.63) is 35.9 Å². The largest absolute Gasteiger partial charge is 0.462 e. The molecule has 0 N–H and O–H groups in total. The first-order valence-electron chi connectivity index (χ1n) is 10.0. The number of hydrogen-bond donors (Lipinski definition) is 0. The van der Waals surface area contributed by atoms with E-state index in [1.165, 1.54) is 44.1 Å². The van der Waals surface area contributed by atoms with Crippen molar-refractivity contribution in [1.29, 1.82) is 0 Å². The minimum absolute atomic E-state index is 0.0199. The molecule has 2 unspecified atom stereocenters. The first kappa shape index (κ1) is 20.7. The summed E-state index contributed by atoms with van der Waals surface area (Å²) >= 11 is 2.50. The molecule has 0 radical (unpaired) electrons. The zero-order valence-corrected chi connectivity index (χ0v) is 17.7. The number of hydrogen-bond acceptors (Lipinski definition) is 2.